The minimum Gasteiger partial charge on any atom is -0.395 e. The summed E-state index contributed by atoms with van der Waals surface area (Å²) in [5, 5.41) is 17.4. The van der Waals surface area contributed by atoms with E-state index in [0.29, 0.717) is 24.6 Å². The summed E-state index contributed by atoms with van der Waals surface area (Å²) in [5.74, 6) is 1.01. The number of amides is 1. The van der Waals surface area contributed by atoms with E-state index in [0.717, 1.165) is 24.4 Å². The SMILES string of the molecule is Cn1cnnc1CCNC(=O)c1n[nH]c(C2CC2)c1N. The van der Waals surface area contributed by atoms with E-state index in [2.05, 4.69) is 25.7 Å². The summed E-state index contributed by atoms with van der Waals surface area (Å²) >= 11 is 0. The summed E-state index contributed by atoms with van der Waals surface area (Å²) in [4.78, 5) is 12.0. The maximum absolute atomic E-state index is 12.0. The zero-order chi connectivity index (χ0) is 14.1. The average molecular weight is 275 g/mol. The van der Waals surface area contributed by atoms with Crippen molar-refractivity contribution in [1.82, 2.24) is 30.3 Å². The number of nitrogens with zero attached hydrogens (tertiary/aromatic N) is 4. The summed E-state index contributed by atoms with van der Waals surface area (Å²) in [6.45, 7) is 0.469. The van der Waals surface area contributed by atoms with Gasteiger partial charge in [0.05, 0.1) is 11.4 Å². The molecule has 1 aliphatic carbocycles. The number of anilines is 1. The second-order valence-electron chi connectivity index (χ2n) is 5.04. The van der Waals surface area contributed by atoms with Crippen LogP contribution in [0.3, 0.4) is 0 Å². The number of rotatable bonds is 5. The summed E-state index contributed by atoms with van der Waals surface area (Å²) < 4.78 is 1.82. The number of H-pyrrole nitrogens is 1. The van der Waals surface area contributed by atoms with Crippen molar-refractivity contribution in [2.24, 2.45) is 7.05 Å². The molecule has 106 valence electrons. The number of aryl methyl sites for hydroxylation is 1. The number of aromatic amines is 1. The van der Waals surface area contributed by atoms with Crippen LogP contribution >= 0.6 is 0 Å². The monoisotopic (exact) mass is 275 g/mol. The number of aromatic nitrogens is 5. The van der Waals surface area contributed by atoms with E-state index in [1.165, 1.54) is 0 Å². The first-order valence-corrected chi connectivity index (χ1v) is 6.61. The lowest BCUT2D eigenvalue weighted by atomic mass is 10.2. The molecule has 0 aromatic carbocycles. The fourth-order valence-electron chi connectivity index (χ4n) is 2.13. The number of nitrogens with one attached hydrogen (secondary N) is 2. The molecule has 8 heteroatoms. The maximum atomic E-state index is 12.0. The Bertz CT molecular complexity index is 626. The Morgan fingerprint density at radius 1 is 1.60 bits per heavy atom. The molecule has 1 saturated carbocycles. The van der Waals surface area contributed by atoms with Crippen LogP contribution in [0.5, 0.6) is 0 Å². The number of carbonyl (C=O) groups is 1. The van der Waals surface area contributed by atoms with E-state index in [9.17, 15) is 4.79 Å². The first kappa shape index (κ1) is 12.6. The zero-order valence-corrected chi connectivity index (χ0v) is 11.3. The molecular formula is C12H17N7O. The highest BCUT2D eigenvalue weighted by Gasteiger charge is 2.30. The second-order valence-corrected chi connectivity index (χ2v) is 5.04. The number of nitrogens with two attached hydrogens (primary N) is 1. The van der Waals surface area contributed by atoms with E-state index in [-0.39, 0.29) is 11.6 Å². The molecular weight excluding hydrogens is 258 g/mol. The van der Waals surface area contributed by atoms with Gasteiger partial charge in [0.1, 0.15) is 12.2 Å². The van der Waals surface area contributed by atoms with Gasteiger partial charge < -0.3 is 15.6 Å². The molecule has 0 radical (unpaired) electrons. The third kappa shape index (κ3) is 2.36. The van der Waals surface area contributed by atoms with Crippen molar-refractivity contribution in [2.75, 3.05) is 12.3 Å². The highest BCUT2D eigenvalue weighted by Crippen LogP contribution is 2.42. The predicted molar refractivity (Wildman–Crippen MR) is 72.0 cm³/mol. The molecule has 0 atom stereocenters. The van der Waals surface area contributed by atoms with Gasteiger partial charge in [0.25, 0.3) is 5.91 Å². The van der Waals surface area contributed by atoms with Gasteiger partial charge in [0, 0.05) is 25.9 Å². The Morgan fingerprint density at radius 3 is 3.05 bits per heavy atom. The molecule has 0 saturated heterocycles. The first-order valence-electron chi connectivity index (χ1n) is 6.61. The van der Waals surface area contributed by atoms with Crippen molar-refractivity contribution in [3.05, 3.63) is 23.5 Å². The smallest absolute Gasteiger partial charge is 0.273 e. The zero-order valence-electron chi connectivity index (χ0n) is 11.3. The molecule has 20 heavy (non-hydrogen) atoms. The van der Waals surface area contributed by atoms with Crippen molar-refractivity contribution in [3.63, 3.8) is 0 Å². The highest BCUT2D eigenvalue weighted by atomic mass is 16.1. The third-order valence-electron chi connectivity index (χ3n) is 3.47. The molecule has 2 heterocycles. The molecule has 8 nitrogen and oxygen atoms in total. The molecule has 1 amide bonds. The number of hydrogen-bond acceptors (Lipinski definition) is 5. The van der Waals surface area contributed by atoms with Crippen molar-refractivity contribution in [3.8, 4) is 0 Å². The lowest BCUT2D eigenvalue weighted by Gasteiger charge is -2.03. The van der Waals surface area contributed by atoms with Gasteiger partial charge in [0.15, 0.2) is 5.69 Å². The van der Waals surface area contributed by atoms with Crippen LogP contribution in [0, 0.1) is 0 Å². The normalized spacial score (nSPS) is 14.4. The number of nitrogen functional groups attached to an aromatic ring is 1. The van der Waals surface area contributed by atoms with Crippen LogP contribution in [0.4, 0.5) is 5.69 Å². The molecule has 1 fully saturated rings. The lowest BCUT2D eigenvalue weighted by Crippen LogP contribution is -2.27. The Hall–Kier alpha value is -2.38. The van der Waals surface area contributed by atoms with Crippen LogP contribution in [-0.2, 0) is 13.5 Å². The third-order valence-corrected chi connectivity index (χ3v) is 3.47. The molecule has 0 aliphatic heterocycles. The van der Waals surface area contributed by atoms with E-state index in [4.69, 9.17) is 5.73 Å². The Morgan fingerprint density at radius 2 is 2.40 bits per heavy atom. The predicted octanol–water partition coefficient (Wildman–Crippen LogP) is -0.0297. The lowest BCUT2D eigenvalue weighted by molar-refractivity contribution is 0.0950. The maximum Gasteiger partial charge on any atom is 0.273 e. The van der Waals surface area contributed by atoms with Gasteiger partial charge in [-0.3, -0.25) is 9.89 Å². The van der Waals surface area contributed by atoms with E-state index >= 15 is 0 Å². The topological polar surface area (TPSA) is 115 Å². The molecule has 4 N–H and O–H groups in total. The van der Waals surface area contributed by atoms with Gasteiger partial charge in [-0.15, -0.1) is 10.2 Å². The van der Waals surface area contributed by atoms with Crippen LogP contribution in [0.2, 0.25) is 0 Å². The van der Waals surface area contributed by atoms with Crippen LogP contribution < -0.4 is 11.1 Å². The van der Waals surface area contributed by atoms with Gasteiger partial charge in [-0.2, -0.15) is 5.10 Å². The molecule has 1 aliphatic rings. The summed E-state index contributed by atoms with van der Waals surface area (Å²) in [6.07, 6.45) is 4.46. The molecule has 0 bridgehead atoms. The van der Waals surface area contributed by atoms with Gasteiger partial charge in [-0.05, 0) is 12.8 Å². The minimum absolute atomic E-state index is 0.257. The van der Waals surface area contributed by atoms with E-state index < -0.39 is 0 Å². The van der Waals surface area contributed by atoms with Crippen LogP contribution in [0.25, 0.3) is 0 Å². The second kappa shape index (κ2) is 4.95. The minimum atomic E-state index is -0.257. The van der Waals surface area contributed by atoms with Crippen molar-refractivity contribution < 1.29 is 4.79 Å². The van der Waals surface area contributed by atoms with Crippen LogP contribution in [0.1, 0.15) is 40.8 Å². The Labute approximate surface area is 115 Å². The van der Waals surface area contributed by atoms with Gasteiger partial charge >= 0.3 is 0 Å². The molecule has 2 aromatic rings. The number of hydrogen-bond donors (Lipinski definition) is 3. The fourth-order valence-corrected chi connectivity index (χ4v) is 2.13. The Kier molecular flexibility index (Phi) is 3.13. The largest absolute Gasteiger partial charge is 0.395 e. The summed E-state index contributed by atoms with van der Waals surface area (Å²) in [7, 11) is 1.87. The molecule has 3 rings (SSSR count). The highest BCUT2D eigenvalue weighted by molar-refractivity contribution is 5.97. The summed E-state index contributed by atoms with van der Waals surface area (Å²) in [6, 6.07) is 0. The molecule has 2 aromatic heterocycles. The molecule has 0 spiro atoms. The van der Waals surface area contributed by atoms with Gasteiger partial charge in [-0.25, -0.2) is 0 Å². The van der Waals surface area contributed by atoms with Crippen molar-refractivity contribution >= 4 is 11.6 Å². The average Bonchev–Trinajstić information content (AvgIpc) is 3.08. The van der Waals surface area contributed by atoms with Crippen LogP contribution in [-0.4, -0.2) is 37.4 Å². The van der Waals surface area contributed by atoms with Crippen LogP contribution in [0.15, 0.2) is 6.33 Å². The van der Waals surface area contributed by atoms with Crippen molar-refractivity contribution in [2.45, 2.75) is 25.2 Å². The first-order chi connectivity index (χ1) is 9.66. The number of carbonyl (C=O) groups excluding carboxylic acids is 1. The van der Waals surface area contributed by atoms with E-state index in [1.54, 1.807) is 6.33 Å². The quantitative estimate of drug-likeness (QED) is 0.709. The van der Waals surface area contributed by atoms with Gasteiger partial charge in [-0.1, -0.05) is 0 Å². The fraction of sp³-hybridized carbons (Fsp3) is 0.500. The Balaban J connectivity index is 1.58. The van der Waals surface area contributed by atoms with E-state index in [1.807, 2.05) is 11.6 Å². The van der Waals surface area contributed by atoms with Gasteiger partial charge in [0.2, 0.25) is 0 Å². The van der Waals surface area contributed by atoms with Crippen molar-refractivity contribution in [1.29, 1.82) is 0 Å². The summed E-state index contributed by atoms with van der Waals surface area (Å²) in [5.41, 5.74) is 7.60. The standard InChI is InChI=1S/C12H17N7O/c1-19-6-15-16-8(19)4-5-14-12(20)11-9(13)10(17-18-11)7-2-3-7/h6-7H,2-5,13H2,1H3,(H,14,20)(H,17,18). The molecule has 0 unspecified atom stereocenters.